The van der Waals surface area contributed by atoms with Gasteiger partial charge >= 0.3 is 0 Å². The molecule has 0 aliphatic carbocycles. The molecule has 0 unspecified atom stereocenters. The van der Waals surface area contributed by atoms with E-state index in [2.05, 4.69) is 4.72 Å². The molecule has 2 N–H and O–H groups in total. The van der Waals surface area contributed by atoms with Crippen molar-refractivity contribution >= 4 is 38.9 Å². The van der Waals surface area contributed by atoms with Crippen LogP contribution in [-0.4, -0.2) is 13.5 Å². The van der Waals surface area contributed by atoms with Gasteiger partial charge in [-0.1, -0.05) is 35.3 Å². The lowest BCUT2D eigenvalue weighted by molar-refractivity contribution is 0.282. The van der Waals surface area contributed by atoms with Crippen LogP contribution >= 0.6 is 23.2 Å². The third kappa shape index (κ3) is 3.43. The minimum Gasteiger partial charge on any atom is -0.392 e. The molecule has 0 bridgehead atoms. The summed E-state index contributed by atoms with van der Waals surface area (Å²) in [5, 5.41) is 9.57. The van der Waals surface area contributed by atoms with E-state index in [1.54, 1.807) is 6.07 Å². The van der Waals surface area contributed by atoms with Crippen LogP contribution < -0.4 is 4.72 Å². The fourth-order valence-corrected chi connectivity index (χ4v) is 3.02. The van der Waals surface area contributed by atoms with Gasteiger partial charge in [0.25, 0.3) is 10.0 Å². The van der Waals surface area contributed by atoms with Gasteiger partial charge in [-0.25, -0.2) is 8.42 Å². The predicted molar refractivity (Wildman–Crippen MR) is 79.6 cm³/mol. The van der Waals surface area contributed by atoms with Gasteiger partial charge in [-0.05, 0) is 35.9 Å². The summed E-state index contributed by atoms with van der Waals surface area (Å²) in [5.74, 6) is 0. The largest absolute Gasteiger partial charge is 0.392 e. The van der Waals surface area contributed by atoms with Crippen molar-refractivity contribution in [3.05, 3.63) is 58.1 Å². The summed E-state index contributed by atoms with van der Waals surface area (Å²) in [4.78, 5) is 0.0748. The van der Waals surface area contributed by atoms with E-state index in [0.717, 1.165) is 0 Å². The molecule has 2 aromatic rings. The molecule has 0 atom stereocenters. The molecule has 2 aromatic carbocycles. The summed E-state index contributed by atoms with van der Waals surface area (Å²) >= 11 is 11.7. The molecule has 0 aliphatic heterocycles. The van der Waals surface area contributed by atoms with Crippen molar-refractivity contribution in [2.45, 2.75) is 11.5 Å². The van der Waals surface area contributed by atoms with E-state index in [9.17, 15) is 8.42 Å². The number of aliphatic hydroxyl groups is 1. The van der Waals surface area contributed by atoms with Gasteiger partial charge in [0.1, 0.15) is 0 Å². The van der Waals surface area contributed by atoms with Gasteiger partial charge in [0, 0.05) is 5.02 Å². The highest BCUT2D eigenvalue weighted by molar-refractivity contribution is 7.92. The normalized spacial score (nSPS) is 11.3. The lowest BCUT2D eigenvalue weighted by Gasteiger charge is -2.10. The first-order chi connectivity index (χ1) is 9.42. The molecule has 0 amide bonds. The summed E-state index contributed by atoms with van der Waals surface area (Å²) in [7, 11) is -3.75. The molecule has 2 rings (SSSR count). The minimum absolute atomic E-state index is 0.0748. The van der Waals surface area contributed by atoms with Crippen LogP contribution in [0.3, 0.4) is 0 Å². The Morgan fingerprint density at radius 2 is 1.70 bits per heavy atom. The fraction of sp³-hybridized carbons (Fsp3) is 0.0769. The van der Waals surface area contributed by atoms with Crippen molar-refractivity contribution in [2.24, 2.45) is 0 Å². The van der Waals surface area contributed by atoms with Crippen LogP contribution in [0.1, 0.15) is 5.56 Å². The molecule has 106 valence electrons. The van der Waals surface area contributed by atoms with Gasteiger partial charge in [0.15, 0.2) is 0 Å². The number of anilines is 1. The van der Waals surface area contributed by atoms with Gasteiger partial charge in [-0.2, -0.15) is 0 Å². The second-order valence-electron chi connectivity index (χ2n) is 4.03. The number of hydrogen-bond donors (Lipinski definition) is 2. The Bertz CT molecular complexity index is 715. The maximum Gasteiger partial charge on any atom is 0.261 e. The van der Waals surface area contributed by atoms with E-state index >= 15 is 0 Å². The number of sulfonamides is 1. The van der Waals surface area contributed by atoms with Crippen LogP contribution in [0, 0.1) is 0 Å². The average molecular weight is 332 g/mol. The van der Waals surface area contributed by atoms with Crippen LogP contribution in [-0.2, 0) is 16.6 Å². The molecule has 0 aromatic heterocycles. The summed E-state index contributed by atoms with van der Waals surface area (Å²) in [6.45, 7) is -0.145. The number of halogens is 2. The number of nitrogens with one attached hydrogen (secondary N) is 1. The summed E-state index contributed by atoms with van der Waals surface area (Å²) in [6, 6.07) is 10.4. The second-order valence-corrected chi connectivity index (χ2v) is 6.56. The first kappa shape index (κ1) is 15.1. The fourth-order valence-electron chi connectivity index (χ4n) is 1.55. The molecular weight excluding hydrogens is 321 g/mol. The number of aliphatic hydroxyl groups excluding tert-OH is 1. The quantitative estimate of drug-likeness (QED) is 0.903. The molecule has 0 saturated heterocycles. The van der Waals surface area contributed by atoms with Gasteiger partial charge in [0.05, 0.1) is 22.2 Å². The van der Waals surface area contributed by atoms with E-state index in [1.807, 2.05) is 0 Å². The SMILES string of the molecule is O=S(=O)(Nc1cc(Cl)ccc1Cl)c1ccc(CO)cc1. The summed E-state index contributed by atoms with van der Waals surface area (Å²) in [5.41, 5.74) is 0.843. The van der Waals surface area contributed by atoms with Crippen molar-refractivity contribution < 1.29 is 13.5 Å². The van der Waals surface area contributed by atoms with Crippen LogP contribution in [0.2, 0.25) is 10.0 Å². The van der Waals surface area contributed by atoms with E-state index in [0.29, 0.717) is 10.6 Å². The minimum atomic E-state index is -3.75. The predicted octanol–water partition coefficient (Wildman–Crippen LogP) is 3.29. The van der Waals surface area contributed by atoms with E-state index in [-0.39, 0.29) is 22.2 Å². The molecule has 0 saturated carbocycles. The maximum absolute atomic E-state index is 12.2. The summed E-state index contributed by atoms with van der Waals surface area (Å²) < 4.78 is 26.8. The molecular formula is C13H11Cl2NO3S. The Hall–Kier alpha value is -1.27. The highest BCUT2D eigenvalue weighted by Crippen LogP contribution is 2.27. The Kier molecular flexibility index (Phi) is 4.55. The van der Waals surface area contributed by atoms with Gasteiger partial charge in [-0.3, -0.25) is 4.72 Å². The maximum atomic E-state index is 12.2. The van der Waals surface area contributed by atoms with Crippen molar-refractivity contribution in [3.8, 4) is 0 Å². The lowest BCUT2D eigenvalue weighted by Crippen LogP contribution is -2.13. The molecule has 0 fully saturated rings. The smallest absolute Gasteiger partial charge is 0.261 e. The first-order valence-electron chi connectivity index (χ1n) is 5.60. The van der Waals surface area contributed by atoms with Gasteiger partial charge in [-0.15, -0.1) is 0 Å². The zero-order valence-corrected chi connectivity index (χ0v) is 12.5. The van der Waals surface area contributed by atoms with E-state index in [4.69, 9.17) is 28.3 Å². The second kappa shape index (κ2) is 6.01. The third-order valence-electron chi connectivity index (χ3n) is 2.59. The summed E-state index contributed by atoms with van der Waals surface area (Å²) in [6.07, 6.45) is 0. The first-order valence-corrected chi connectivity index (χ1v) is 7.84. The monoisotopic (exact) mass is 331 g/mol. The highest BCUT2D eigenvalue weighted by Gasteiger charge is 2.15. The molecule has 0 spiro atoms. The van der Waals surface area contributed by atoms with Crippen LogP contribution in [0.4, 0.5) is 5.69 Å². The lowest BCUT2D eigenvalue weighted by atomic mass is 10.2. The third-order valence-corrected chi connectivity index (χ3v) is 4.54. The number of hydrogen-bond acceptors (Lipinski definition) is 3. The topological polar surface area (TPSA) is 66.4 Å². The highest BCUT2D eigenvalue weighted by atomic mass is 35.5. The zero-order valence-electron chi connectivity index (χ0n) is 10.2. The van der Waals surface area contributed by atoms with Gasteiger partial charge in [0.2, 0.25) is 0 Å². The van der Waals surface area contributed by atoms with E-state index in [1.165, 1.54) is 36.4 Å². The molecule has 7 heteroatoms. The van der Waals surface area contributed by atoms with Crippen molar-refractivity contribution in [3.63, 3.8) is 0 Å². The van der Waals surface area contributed by atoms with E-state index < -0.39 is 10.0 Å². The van der Waals surface area contributed by atoms with Gasteiger partial charge < -0.3 is 5.11 Å². The van der Waals surface area contributed by atoms with Crippen molar-refractivity contribution in [1.29, 1.82) is 0 Å². The number of rotatable bonds is 4. The Labute approximate surface area is 127 Å². The van der Waals surface area contributed by atoms with Crippen LogP contribution in [0.25, 0.3) is 0 Å². The average Bonchev–Trinajstić information content (AvgIpc) is 2.43. The molecule has 0 heterocycles. The van der Waals surface area contributed by atoms with Crippen molar-refractivity contribution in [2.75, 3.05) is 4.72 Å². The van der Waals surface area contributed by atoms with Crippen LogP contribution in [0.15, 0.2) is 47.4 Å². The Morgan fingerprint density at radius 1 is 1.05 bits per heavy atom. The molecule has 4 nitrogen and oxygen atoms in total. The Balaban J connectivity index is 2.32. The standard InChI is InChI=1S/C13H11Cl2NO3S/c14-10-3-6-12(15)13(7-10)16-20(18,19)11-4-1-9(8-17)2-5-11/h1-7,16-17H,8H2. The zero-order chi connectivity index (χ0) is 14.8. The van der Waals surface area contributed by atoms with Crippen molar-refractivity contribution in [1.82, 2.24) is 0 Å². The van der Waals surface area contributed by atoms with Crippen LogP contribution in [0.5, 0.6) is 0 Å². The molecule has 0 radical (unpaired) electrons. The molecule has 0 aliphatic rings. The Morgan fingerprint density at radius 3 is 2.30 bits per heavy atom. The number of benzene rings is 2. The molecule has 20 heavy (non-hydrogen) atoms.